The third-order valence-electron chi connectivity index (χ3n) is 5.49. The molecule has 1 heterocycles. The third kappa shape index (κ3) is 6.27. The van der Waals surface area contributed by atoms with Crippen molar-refractivity contribution in [2.45, 2.75) is 19.8 Å². The van der Waals surface area contributed by atoms with Gasteiger partial charge in [-0.2, -0.15) is 10.4 Å². The van der Waals surface area contributed by atoms with Crippen LogP contribution in [0.3, 0.4) is 0 Å². The minimum atomic E-state index is -0.668. The number of halogens is 2. The van der Waals surface area contributed by atoms with E-state index >= 15 is 0 Å². The smallest absolute Gasteiger partial charge is 0.266 e. The Morgan fingerprint density at radius 2 is 1.86 bits per heavy atom. The highest BCUT2D eigenvalue weighted by atomic mass is 19.1. The molecule has 0 spiro atoms. The van der Waals surface area contributed by atoms with Crippen LogP contribution in [0.4, 0.5) is 14.5 Å². The minimum absolute atomic E-state index is 0.146. The summed E-state index contributed by atoms with van der Waals surface area (Å²) in [6.07, 6.45) is 4.80. The minimum Gasteiger partial charge on any atom is -0.491 e. The van der Waals surface area contributed by atoms with Crippen molar-refractivity contribution in [2.24, 2.45) is 0 Å². The predicted molar refractivity (Wildman–Crippen MR) is 138 cm³/mol. The van der Waals surface area contributed by atoms with Gasteiger partial charge >= 0.3 is 0 Å². The molecule has 37 heavy (non-hydrogen) atoms. The zero-order chi connectivity index (χ0) is 26.2. The molecule has 0 aliphatic heterocycles. The lowest BCUT2D eigenvalue weighted by Gasteiger charge is -2.08. The Morgan fingerprint density at radius 3 is 2.54 bits per heavy atom. The molecule has 6 nitrogen and oxygen atoms in total. The molecule has 0 fully saturated rings. The van der Waals surface area contributed by atoms with Crippen molar-refractivity contribution in [3.05, 3.63) is 102 Å². The third-order valence-corrected chi connectivity index (χ3v) is 5.49. The van der Waals surface area contributed by atoms with Crippen LogP contribution in [0.5, 0.6) is 5.75 Å². The van der Waals surface area contributed by atoms with Gasteiger partial charge in [-0.15, -0.1) is 0 Å². The average Bonchev–Trinajstić information content (AvgIpc) is 3.34. The Bertz CT molecular complexity index is 1460. The van der Waals surface area contributed by atoms with Crippen LogP contribution < -0.4 is 10.1 Å². The van der Waals surface area contributed by atoms with Crippen molar-refractivity contribution >= 4 is 17.7 Å². The summed E-state index contributed by atoms with van der Waals surface area (Å²) in [5, 5.41) is 16.9. The van der Waals surface area contributed by atoms with Crippen molar-refractivity contribution in [3.63, 3.8) is 0 Å². The summed E-state index contributed by atoms with van der Waals surface area (Å²) in [7, 11) is 0. The van der Waals surface area contributed by atoms with Gasteiger partial charge in [0.15, 0.2) is 11.6 Å². The van der Waals surface area contributed by atoms with Crippen LogP contribution in [0.1, 0.15) is 25.3 Å². The number of ether oxygens (including phenoxy) is 1. The Labute approximate surface area is 213 Å². The Kier molecular flexibility index (Phi) is 8.06. The van der Waals surface area contributed by atoms with Gasteiger partial charge in [-0.05, 0) is 67.1 Å². The quantitative estimate of drug-likeness (QED) is 0.161. The molecule has 0 aliphatic rings. The molecule has 1 amide bonds. The summed E-state index contributed by atoms with van der Waals surface area (Å²) >= 11 is 0. The van der Waals surface area contributed by atoms with Crippen LogP contribution in [-0.4, -0.2) is 22.3 Å². The number of aromatic nitrogens is 2. The maximum absolute atomic E-state index is 14.8. The number of nitrogens with one attached hydrogen (secondary N) is 1. The first-order valence-corrected chi connectivity index (χ1v) is 11.7. The van der Waals surface area contributed by atoms with Gasteiger partial charge in [-0.1, -0.05) is 31.5 Å². The number of unbranched alkanes of at least 4 members (excludes halogenated alkanes) is 1. The Balaban J connectivity index is 1.71. The van der Waals surface area contributed by atoms with Crippen molar-refractivity contribution in [1.29, 1.82) is 5.26 Å². The van der Waals surface area contributed by atoms with Gasteiger partial charge in [0.05, 0.1) is 12.3 Å². The molecule has 8 heteroatoms. The number of rotatable bonds is 9. The number of nitrogens with zero attached hydrogens (tertiary/aromatic N) is 3. The number of benzene rings is 3. The Hall–Kier alpha value is -4.77. The molecule has 0 saturated heterocycles. The number of amides is 1. The van der Waals surface area contributed by atoms with Gasteiger partial charge in [0.1, 0.15) is 23.2 Å². The molecular formula is C29H24F2N4O2. The maximum atomic E-state index is 14.8. The lowest BCUT2D eigenvalue weighted by atomic mass is 10.1. The molecule has 0 radical (unpaired) electrons. The van der Waals surface area contributed by atoms with Crippen LogP contribution in [0.25, 0.3) is 23.0 Å². The lowest BCUT2D eigenvalue weighted by Crippen LogP contribution is -2.13. The van der Waals surface area contributed by atoms with E-state index in [1.54, 1.807) is 23.0 Å². The van der Waals surface area contributed by atoms with E-state index < -0.39 is 17.5 Å². The lowest BCUT2D eigenvalue weighted by molar-refractivity contribution is -0.112. The first kappa shape index (κ1) is 25.3. The molecule has 0 aliphatic carbocycles. The number of carbonyl (C=O) groups excluding carboxylic acids is 1. The number of carbonyl (C=O) groups is 1. The fourth-order valence-electron chi connectivity index (χ4n) is 3.56. The van der Waals surface area contributed by atoms with E-state index in [-0.39, 0.29) is 11.3 Å². The van der Waals surface area contributed by atoms with Gasteiger partial charge in [0.2, 0.25) is 0 Å². The zero-order valence-electron chi connectivity index (χ0n) is 20.1. The molecule has 0 bridgehead atoms. The summed E-state index contributed by atoms with van der Waals surface area (Å²) in [5.74, 6) is -1.50. The summed E-state index contributed by atoms with van der Waals surface area (Å²) in [6, 6.07) is 20.9. The van der Waals surface area contributed by atoms with E-state index in [9.17, 15) is 18.8 Å². The number of hydrogen-bond acceptors (Lipinski definition) is 4. The van der Waals surface area contributed by atoms with Crippen LogP contribution in [0.2, 0.25) is 0 Å². The van der Waals surface area contributed by atoms with Crippen molar-refractivity contribution in [1.82, 2.24) is 9.78 Å². The van der Waals surface area contributed by atoms with Crippen LogP contribution in [0, 0.1) is 23.0 Å². The number of para-hydroxylation sites is 1. The summed E-state index contributed by atoms with van der Waals surface area (Å²) < 4.78 is 35.1. The topological polar surface area (TPSA) is 79.9 Å². The summed E-state index contributed by atoms with van der Waals surface area (Å²) in [4.78, 5) is 12.8. The molecule has 0 unspecified atom stereocenters. The fraction of sp³-hybridized carbons (Fsp3) is 0.138. The highest BCUT2D eigenvalue weighted by Gasteiger charge is 2.17. The molecule has 186 valence electrons. The van der Waals surface area contributed by atoms with Gasteiger partial charge in [0.25, 0.3) is 5.91 Å². The first-order valence-electron chi connectivity index (χ1n) is 11.7. The molecule has 0 atom stereocenters. The molecule has 1 aromatic heterocycles. The van der Waals surface area contributed by atoms with E-state index in [1.165, 1.54) is 36.4 Å². The van der Waals surface area contributed by atoms with Gasteiger partial charge < -0.3 is 10.1 Å². The van der Waals surface area contributed by atoms with Crippen LogP contribution in [0.15, 0.2) is 84.6 Å². The van der Waals surface area contributed by atoms with Crippen molar-refractivity contribution < 1.29 is 18.3 Å². The maximum Gasteiger partial charge on any atom is 0.266 e. The SMILES string of the molecule is CCCCOc1ccc(-c2nn(-c3ccccc3)cc2C=C(C#N)C(=O)Nc2ccc(F)cc2)cc1F. The normalized spacial score (nSPS) is 11.1. The highest BCUT2D eigenvalue weighted by molar-refractivity contribution is 6.10. The van der Waals surface area contributed by atoms with E-state index in [0.717, 1.165) is 18.5 Å². The van der Waals surface area contributed by atoms with E-state index in [2.05, 4.69) is 10.4 Å². The second-order valence-electron chi connectivity index (χ2n) is 8.19. The molecule has 4 aromatic rings. The van der Waals surface area contributed by atoms with Crippen molar-refractivity contribution in [3.8, 4) is 28.8 Å². The van der Waals surface area contributed by atoms with E-state index in [1.807, 2.05) is 43.3 Å². The number of nitriles is 1. The van der Waals surface area contributed by atoms with Gasteiger partial charge in [-0.3, -0.25) is 4.79 Å². The molecule has 1 N–H and O–H groups in total. The summed E-state index contributed by atoms with van der Waals surface area (Å²) in [5.41, 5.74) is 2.17. The first-order chi connectivity index (χ1) is 18.0. The zero-order valence-corrected chi connectivity index (χ0v) is 20.1. The van der Waals surface area contributed by atoms with Gasteiger partial charge in [-0.25, -0.2) is 13.5 Å². The van der Waals surface area contributed by atoms with E-state index in [0.29, 0.717) is 29.1 Å². The largest absolute Gasteiger partial charge is 0.491 e. The Morgan fingerprint density at radius 1 is 1.11 bits per heavy atom. The average molecular weight is 499 g/mol. The van der Waals surface area contributed by atoms with Crippen LogP contribution >= 0.6 is 0 Å². The predicted octanol–water partition coefficient (Wildman–Crippen LogP) is 6.54. The standard InChI is InChI=1S/C29H24F2N4O2/c1-2-3-15-37-27-14-9-20(17-26(27)31)28-22(19-35(34-28)25-7-5-4-6-8-25)16-21(18-32)29(36)33-24-12-10-23(30)11-13-24/h4-14,16-17,19H,2-3,15H2,1H3,(H,33,36). The van der Waals surface area contributed by atoms with Crippen molar-refractivity contribution in [2.75, 3.05) is 11.9 Å². The molecule has 0 saturated carbocycles. The summed E-state index contributed by atoms with van der Waals surface area (Å²) in [6.45, 7) is 2.44. The monoisotopic (exact) mass is 498 g/mol. The second kappa shape index (κ2) is 11.8. The molecule has 3 aromatic carbocycles. The second-order valence-corrected chi connectivity index (χ2v) is 8.19. The molecule has 4 rings (SSSR count). The highest BCUT2D eigenvalue weighted by Crippen LogP contribution is 2.30. The van der Waals surface area contributed by atoms with Gasteiger partial charge in [0, 0.05) is 23.0 Å². The fourth-order valence-corrected chi connectivity index (χ4v) is 3.56. The number of anilines is 1. The van der Waals surface area contributed by atoms with E-state index in [4.69, 9.17) is 4.74 Å². The van der Waals surface area contributed by atoms with Crippen LogP contribution in [-0.2, 0) is 4.79 Å². The number of hydrogen-bond donors (Lipinski definition) is 1. The molecular weight excluding hydrogens is 474 g/mol.